The molecule has 2 N–H and O–H groups in total. The minimum absolute atomic E-state index is 0.0607. The maximum Gasteiger partial charge on any atom is 0.514 e. The molecule has 0 aromatic heterocycles. The highest BCUT2D eigenvalue weighted by Gasteiger charge is 2.15. The lowest BCUT2D eigenvalue weighted by atomic mass is 10.2. The fourth-order valence-corrected chi connectivity index (χ4v) is 2.50. The largest absolute Gasteiger partial charge is 0.514 e. The van der Waals surface area contributed by atoms with Crippen LogP contribution in [0.1, 0.15) is 58.9 Å². The van der Waals surface area contributed by atoms with Gasteiger partial charge in [0.05, 0.1) is 4.92 Å². The van der Waals surface area contributed by atoms with Crippen molar-refractivity contribution in [1.29, 1.82) is 0 Å². The molecule has 0 atom stereocenters. The van der Waals surface area contributed by atoms with Crippen molar-refractivity contribution in [3.63, 3.8) is 0 Å². The monoisotopic (exact) mass is 533 g/mol. The van der Waals surface area contributed by atoms with Gasteiger partial charge in [0.1, 0.15) is 24.3 Å². The van der Waals surface area contributed by atoms with Crippen LogP contribution in [-0.2, 0) is 25.6 Å². The molecule has 0 saturated heterocycles. The third-order valence-electron chi connectivity index (χ3n) is 4.43. The van der Waals surface area contributed by atoms with Crippen molar-refractivity contribution in [3.05, 3.63) is 76.2 Å². The number of hydrogen-bond donors (Lipinski definition) is 2. The minimum atomic E-state index is -0.896. The van der Waals surface area contributed by atoms with Crippen LogP contribution in [0.15, 0.2) is 60.5 Å². The van der Waals surface area contributed by atoms with Crippen LogP contribution in [0.2, 0.25) is 0 Å². The second kappa shape index (κ2) is 19.0. The van der Waals surface area contributed by atoms with E-state index in [-0.39, 0.29) is 24.2 Å². The zero-order valence-corrected chi connectivity index (χ0v) is 22.8. The third-order valence-corrected chi connectivity index (χ3v) is 4.43. The van der Waals surface area contributed by atoms with Gasteiger partial charge in [-0.15, -0.1) is 0 Å². The maximum absolute atomic E-state index is 11.6. The molecule has 0 saturated carbocycles. The fourth-order valence-electron chi connectivity index (χ4n) is 2.50. The van der Waals surface area contributed by atoms with Crippen LogP contribution in [0.25, 0.3) is 0 Å². The maximum atomic E-state index is 11.6. The first-order valence-electron chi connectivity index (χ1n) is 12.1. The van der Waals surface area contributed by atoms with E-state index < -0.39 is 16.7 Å². The van der Waals surface area contributed by atoms with Crippen LogP contribution >= 0.6 is 0 Å². The number of amides is 1. The van der Waals surface area contributed by atoms with Gasteiger partial charge in [-0.3, -0.25) is 10.1 Å². The molecule has 0 bridgehead atoms. The van der Waals surface area contributed by atoms with E-state index in [4.69, 9.17) is 14.2 Å². The molecule has 0 fully saturated rings. The molecule has 38 heavy (non-hydrogen) atoms. The zero-order valence-electron chi connectivity index (χ0n) is 22.8. The molecule has 1 aromatic rings. The van der Waals surface area contributed by atoms with E-state index in [0.29, 0.717) is 13.0 Å². The van der Waals surface area contributed by atoms with Gasteiger partial charge >= 0.3 is 12.2 Å². The summed E-state index contributed by atoms with van der Waals surface area (Å²) in [7, 11) is 1.81. The Morgan fingerprint density at radius 1 is 1.11 bits per heavy atom. The Bertz CT molecular complexity index is 964. The van der Waals surface area contributed by atoms with Gasteiger partial charge in [-0.1, -0.05) is 18.6 Å². The normalized spacial score (nSPS) is 11.0. The lowest BCUT2D eigenvalue weighted by Gasteiger charge is -2.19. The summed E-state index contributed by atoms with van der Waals surface area (Å²) in [6.45, 7) is 11.0. The number of alkyl carbamates (subject to hydrolysis) is 1. The van der Waals surface area contributed by atoms with E-state index in [0.717, 1.165) is 42.9 Å². The van der Waals surface area contributed by atoms with Crippen molar-refractivity contribution in [2.45, 2.75) is 65.6 Å². The van der Waals surface area contributed by atoms with Gasteiger partial charge in [0, 0.05) is 31.8 Å². The molecule has 0 aliphatic heterocycles. The minimum Gasteiger partial charge on any atom is -0.444 e. The molecule has 0 aliphatic carbocycles. The van der Waals surface area contributed by atoms with Gasteiger partial charge in [-0.05, 0) is 77.0 Å². The molecule has 0 heterocycles. The molecule has 11 nitrogen and oxygen atoms in total. The SMILES string of the molecule is C=C(/C=C\C(=C/C)OC(=O)OCc1ccc(NC)cc1)[N+](=O)[O-].CC(C)(C)OC(=O)NCCCCCC=O. The van der Waals surface area contributed by atoms with Gasteiger partial charge in [0.2, 0.25) is 0 Å². The van der Waals surface area contributed by atoms with Gasteiger partial charge in [-0.2, -0.15) is 0 Å². The summed E-state index contributed by atoms with van der Waals surface area (Å²) in [4.78, 5) is 42.6. The van der Waals surface area contributed by atoms with Gasteiger partial charge < -0.3 is 29.6 Å². The second-order valence-electron chi connectivity index (χ2n) is 8.81. The number of hydrogen-bond acceptors (Lipinski definition) is 9. The Hall–Kier alpha value is -4.15. The summed E-state index contributed by atoms with van der Waals surface area (Å²) >= 11 is 0. The van der Waals surface area contributed by atoms with Crippen molar-refractivity contribution in [2.75, 3.05) is 18.9 Å². The Morgan fingerprint density at radius 3 is 2.29 bits per heavy atom. The number of allylic oxidation sites excluding steroid dienone is 3. The molecule has 1 rings (SSSR count). The Kier molecular flexibility index (Phi) is 16.9. The molecule has 0 spiro atoms. The number of nitro groups is 1. The average molecular weight is 534 g/mol. The number of nitrogens with zero attached hydrogens (tertiary/aromatic N) is 1. The van der Waals surface area contributed by atoms with Gasteiger partial charge in [-0.25, -0.2) is 9.59 Å². The summed E-state index contributed by atoms with van der Waals surface area (Å²) in [6.07, 6.45) is 6.86. The highest BCUT2D eigenvalue weighted by molar-refractivity contribution is 5.67. The highest BCUT2D eigenvalue weighted by atomic mass is 16.7. The molecule has 1 aromatic carbocycles. The van der Waals surface area contributed by atoms with Gasteiger partial charge in [0.15, 0.2) is 0 Å². The Morgan fingerprint density at radius 2 is 1.76 bits per heavy atom. The smallest absolute Gasteiger partial charge is 0.444 e. The fraction of sp³-hybridized carbons (Fsp3) is 0.444. The van der Waals surface area contributed by atoms with Crippen LogP contribution in [-0.4, -0.2) is 42.7 Å². The van der Waals surface area contributed by atoms with Crippen LogP contribution < -0.4 is 10.6 Å². The van der Waals surface area contributed by atoms with Crippen molar-refractivity contribution >= 4 is 24.2 Å². The molecule has 0 radical (unpaired) electrons. The zero-order chi connectivity index (χ0) is 29.0. The molecule has 1 amide bonds. The van der Waals surface area contributed by atoms with Crippen molar-refractivity contribution in [3.8, 4) is 0 Å². The number of ether oxygens (including phenoxy) is 3. The number of rotatable bonds is 13. The first kappa shape index (κ1) is 33.8. The number of nitrogens with one attached hydrogen (secondary N) is 2. The molecule has 0 aliphatic rings. The average Bonchev–Trinajstić information content (AvgIpc) is 2.86. The molecular weight excluding hydrogens is 494 g/mol. The summed E-state index contributed by atoms with van der Waals surface area (Å²) in [5.41, 5.74) is 0.997. The Labute approximate surface area is 224 Å². The van der Waals surface area contributed by atoms with Crippen molar-refractivity contribution < 1.29 is 33.5 Å². The van der Waals surface area contributed by atoms with E-state index in [1.165, 1.54) is 12.2 Å². The molecular formula is C27H39N3O8. The van der Waals surface area contributed by atoms with Crippen LogP contribution in [0.3, 0.4) is 0 Å². The van der Waals surface area contributed by atoms with E-state index in [1.54, 1.807) is 6.92 Å². The second-order valence-corrected chi connectivity index (χ2v) is 8.81. The predicted molar refractivity (Wildman–Crippen MR) is 145 cm³/mol. The van der Waals surface area contributed by atoms with Crippen LogP contribution in [0.4, 0.5) is 15.3 Å². The number of aldehydes is 1. The number of carbonyl (C=O) groups is 3. The lowest BCUT2D eigenvalue weighted by Crippen LogP contribution is -2.32. The Balaban J connectivity index is 0.000000793. The molecule has 0 unspecified atom stereocenters. The summed E-state index contributed by atoms with van der Waals surface area (Å²) < 4.78 is 15.0. The summed E-state index contributed by atoms with van der Waals surface area (Å²) in [5, 5.41) is 16.1. The quantitative estimate of drug-likeness (QED) is 0.0601. The topological polar surface area (TPSA) is 146 Å². The van der Waals surface area contributed by atoms with E-state index >= 15 is 0 Å². The lowest BCUT2D eigenvalue weighted by molar-refractivity contribution is -0.418. The molecule has 11 heteroatoms. The van der Waals surface area contributed by atoms with Crippen molar-refractivity contribution in [1.82, 2.24) is 5.32 Å². The highest BCUT2D eigenvalue weighted by Crippen LogP contribution is 2.11. The number of unbranched alkanes of at least 4 members (excludes halogenated alkanes) is 3. The van der Waals surface area contributed by atoms with Gasteiger partial charge in [0.25, 0.3) is 5.70 Å². The van der Waals surface area contributed by atoms with E-state index in [2.05, 4.69) is 17.2 Å². The number of anilines is 1. The van der Waals surface area contributed by atoms with Crippen LogP contribution in [0.5, 0.6) is 0 Å². The number of benzene rings is 1. The summed E-state index contributed by atoms with van der Waals surface area (Å²) in [5.74, 6) is 0.128. The van der Waals surface area contributed by atoms with E-state index in [1.807, 2.05) is 52.1 Å². The third kappa shape index (κ3) is 18.2. The standard InChI is InChI=1S/C16H18N2O5.C11H21NO3/c1-4-15(10-5-12(2)18(20)21)23-16(19)22-11-13-6-8-14(17-3)9-7-13;1-11(2,3)15-10(14)12-8-6-4-5-7-9-13/h4-10,17H,2,11H2,1,3H3;9H,4-8H2,1-3H3,(H,12,14)/b10-5-,15-4+;. The van der Waals surface area contributed by atoms with E-state index in [9.17, 15) is 24.5 Å². The first-order valence-corrected chi connectivity index (χ1v) is 12.1. The van der Waals surface area contributed by atoms with Crippen molar-refractivity contribution in [2.24, 2.45) is 0 Å². The molecule has 210 valence electrons. The first-order chi connectivity index (χ1) is 17.9. The summed E-state index contributed by atoms with van der Waals surface area (Å²) in [6, 6.07) is 7.34. The van der Waals surface area contributed by atoms with Crippen LogP contribution in [0, 0.1) is 10.1 Å². The number of carbonyl (C=O) groups excluding carboxylic acids is 3. The predicted octanol–water partition coefficient (Wildman–Crippen LogP) is 5.90.